The predicted molar refractivity (Wildman–Crippen MR) is 102 cm³/mol. The van der Waals surface area contributed by atoms with Gasteiger partial charge in [-0.25, -0.2) is 0 Å². The fraction of sp³-hybridized carbons (Fsp3) is 0.235. The Morgan fingerprint density at radius 1 is 0.720 bits per heavy atom. The lowest BCUT2D eigenvalue weighted by Gasteiger charge is -2.04. The van der Waals surface area contributed by atoms with Gasteiger partial charge in [0.25, 0.3) is 0 Å². The fourth-order valence-corrected chi connectivity index (χ4v) is 3.73. The van der Waals surface area contributed by atoms with Gasteiger partial charge in [0.1, 0.15) is 0 Å². The Morgan fingerprint density at radius 3 is 1.68 bits per heavy atom. The third-order valence-electron chi connectivity index (χ3n) is 3.24. The lowest BCUT2D eigenvalue weighted by molar-refractivity contribution is 0.811. The molecule has 2 N–H and O–H groups in total. The molecule has 6 nitrogen and oxygen atoms in total. The molecule has 0 saturated carbocycles. The minimum absolute atomic E-state index is 0.260. The van der Waals surface area contributed by atoms with Gasteiger partial charge in [-0.2, -0.15) is 15.0 Å². The summed E-state index contributed by atoms with van der Waals surface area (Å²) in [6, 6.07) is 11.8. The van der Waals surface area contributed by atoms with Crippen molar-refractivity contribution in [2.75, 3.05) is 17.2 Å². The molecular formula is C17H18N6S2. The van der Waals surface area contributed by atoms with Crippen molar-refractivity contribution in [1.82, 2.24) is 24.9 Å². The molecule has 3 heterocycles. The van der Waals surface area contributed by atoms with Crippen LogP contribution in [0.25, 0.3) is 0 Å². The van der Waals surface area contributed by atoms with Gasteiger partial charge >= 0.3 is 0 Å². The van der Waals surface area contributed by atoms with Gasteiger partial charge in [-0.3, -0.25) is 9.97 Å². The van der Waals surface area contributed by atoms with E-state index in [1.165, 1.54) is 0 Å². The van der Waals surface area contributed by atoms with E-state index in [4.69, 9.17) is 5.73 Å². The highest BCUT2D eigenvalue weighted by molar-refractivity contribution is 7.99. The molecule has 0 saturated heterocycles. The molecule has 0 aliphatic rings. The van der Waals surface area contributed by atoms with Gasteiger partial charge in [0.2, 0.25) is 5.95 Å². The molecule has 0 atom stereocenters. The van der Waals surface area contributed by atoms with Crippen LogP contribution < -0.4 is 5.73 Å². The average molecular weight is 371 g/mol. The summed E-state index contributed by atoms with van der Waals surface area (Å²) in [7, 11) is 0. The van der Waals surface area contributed by atoms with Crippen molar-refractivity contribution in [1.29, 1.82) is 0 Å². The Hall–Kier alpha value is -2.19. The van der Waals surface area contributed by atoms with E-state index in [1.807, 2.05) is 36.4 Å². The van der Waals surface area contributed by atoms with Crippen molar-refractivity contribution < 1.29 is 0 Å². The molecule has 0 spiro atoms. The van der Waals surface area contributed by atoms with Gasteiger partial charge < -0.3 is 5.73 Å². The number of nitrogen functional groups attached to an aromatic ring is 1. The van der Waals surface area contributed by atoms with Crippen LogP contribution in [0.3, 0.4) is 0 Å². The summed E-state index contributed by atoms with van der Waals surface area (Å²) in [5.74, 6) is 1.95. The topological polar surface area (TPSA) is 90.5 Å². The van der Waals surface area contributed by atoms with Gasteiger partial charge in [-0.05, 0) is 37.1 Å². The van der Waals surface area contributed by atoms with Crippen molar-refractivity contribution in [3.05, 3.63) is 60.2 Å². The van der Waals surface area contributed by atoms with Gasteiger partial charge in [-0.15, -0.1) is 0 Å². The summed E-state index contributed by atoms with van der Waals surface area (Å²) in [6.07, 6.45) is 5.33. The van der Waals surface area contributed by atoms with E-state index < -0.39 is 0 Å². The SMILES string of the molecule is Nc1nc(SCCc2ccccn2)nc(SCCc2ccccn2)n1. The number of nitrogens with zero attached hydrogens (tertiary/aromatic N) is 5. The molecule has 8 heteroatoms. The molecule has 0 radical (unpaired) electrons. The highest BCUT2D eigenvalue weighted by Gasteiger charge is 2.07. The maximum Gasteiger partial charge on any atom is 0.225 e. The summed E-state index contributed by atoms with van der Waals surface area (Å²) in [5, 5.41) is 1.31. The number of nitrogens with two attached hydrogens (primary N) is 1. The Morgan fingerprint density at radius 2 is 1.24 bits per heavy atom. The molecule has 3 rings (SSSR count). The monoisotopic (exact) mass is 370 g/mol. The zero-order valence-corrected chi connectivity index (χ0v) is 15.2. The summed E-state index contributed by atoms with van der Waals surface area (Å²) in [6.45, 7) is 0. The van der Waals surface area contributed by atoms with Crippen molar-refractivity contribution >= 4 is 29.5 Å². The van der Waals surface area contributed by atoms with E-state index in [1.54, 1.807) is 35.9 Å². The Kier molecular flexibility index (Phi) is 6.58. The number of pyridine rings is 2. The number of hydrogen-bond donors (Lipinski definition) is 1. The first-order valence-corrected chi connectivity index (χ1v) is 9.84. The third-order valence-corrected chi connectivity index (χ3v) is 4.94. The van der Waals surface area contributed by atoms with E-state index in [0.29, 0.717) is 10.3 Å². The molecule has 0 aliphatic carbocycles. The lowest BCUT2D eigenvalue weighted by Crippen LogP contribution is -2.02. The Bertz CT molecular complexity index is 722. The molecule has 0 aromatic carbocycles. The van der Waals surface area contributed by atoms with Gasteiger partial charge in [0.15, 0.2) is 10.3 Å². The van der Waals surface area contributed by atoms with Crippen LogP contribution in [-0.4, -0.2) is 36.4 Å². The number of anilines is 1. The number of thioether (sulfide) groups is 2. The third kappa shape index (κ3) is 5.99. The Balaban J connectivity index is 1.51. The van der Waals surface area contributed by atoms with Crippen molar-refractivity contribution in [2.45, 2.75) is 23.2 Å². The number of rotatable bonds is 8. The van der Waals surface area contributed by atoms with Crippen molar-refractivity contribution in [2.24, 2.45) is 0 Å². The maximum absolute atomic E-state index is 5.81. The van der Waals surface area contributed by atoms with Crippen LogP contribution in [0.15, 0.2) is 59.1 Å². The van der Waals surface area contributed by atoms with E-state index in [0.717, 1.165) is 35.7 Å². The summed E-state index contributed by atoms with van der Waals surface area (Å²) >= 11 is 3.13. The van der Waals surface area contributed by atoms with Gasteiger partial charge in [0.05, 0.1) is 0 Å². The first kappa shape index (κ1) is 17.6. The van der Waals surface area contributed by atoms with Gasteiger partial charge in [-0.1, -0.05) is 35.7 Å². The molecule has 128 valence electrons. The van der Waals surface area contributed by atoms with Crippen molar-refractivity contribution in [3.63, 3.8) is 0 Å². The number of aromatic nitrogens is 5. The van der Waals surface area contributed by atoms with Crippen LogP contribution in [0.1, 0.15) is 11.4 Å². The van der Waals surface area contributed by atoms with Gasteiger partial charge in [0, 0.05) is 35.3 Å². The maximum atomic E-state index is 5.81. The minimum atomic E-state index is 0.260. The fourth-order valence-electron chi connectivity index (χ4n) is 2.07. The molecule has 0 aliphatic heterocycles. The minimum Gasteiger partial charge on any atom is -0.368 e. The first-order chi connectivity index (χ1) is 12.3. The van der Waals surface area contributed by atoms with E-state index in [9.17, 15) is 0 Å². The van der Waals surface area contributed by atoms with E-state index in [-0.39, 0.29) is 5.95 Å². The molecule has 0 fully saturated rings. The van der Waals surface area contributed by atoms with Crippen LogP contribution >= 0.6 is 23.5 Å². The molecule has 25 heavy (non-hydrogen) atoms. The highest BCUT2D eigenvalue weighted by atomic mass is 32.2. The number of aryl methyl sites for hydroxylation is 2. The normalized spacial score (nSPS) is 10.7. The second kappa shape index (κ2) is 9.33. The van der Waals surface area contributed by atoms with Crippen LogP contribution in [-0.2, 0) is 12.8 Å². The smallest absolute Gasteiger partial charge is 0.225 e. The molecule has 3 aromatic rings. The second-order valence-corrected chi connectivity index (χ2v) is 7.22. The van der Waals surface area contributed by atoms with Crippen LogP contribution in [0, 0.1) is 0 Å². The quantitative estimate of drug-likeness (QED) is 0.605. The van der Waals surface area contributed by atoms with E-state index >= 15 is 0 Å². The highest BCUT2D eigenvalue weighted by Crippen LogP contribution is 2.20. The lowest BCUT2D eigenvalue weighted by atomic mass is 10.3. The Labute approximate surface area is 155 Å². The number of hydrogen-bond acceptors (Lipinski definition) is 8. The summed E-state index contributed by atoms with van der Waals surface area (Å²) < 4.78 is 0. The largest absolute Gasteiger partial charge is 0.368 e. The van der Waals surface area contributed by atoms with E-state index in [2.05, 4.69) is 24.9 Å². The van der Waals surface area contributed by atoms with Crippen LogP contribution in [0.2, 0.25) is 0 Å². The standard InChI is InChI=1S/C17H18N6S2/c18-15-21-16(24-11-7-13-5-1-3-9-19-13)23-17(22-15)25-12-8-14-6-2-4-10-20-14/h1-6,9-10H,7-8,11-12H2,(H2,18,21,22,23). The molecule has 0 unspecified atom stereocenters. The average Bonchev–Trinajstić information content (AvgIpc) is 2.63. The molecule has 3 aromatic heterocycles. The summed E-state index contributed by atoms with van der Waals surface area (Å²) in [4.78, 5) is 21.5. The predicted octanol–water partition coefficient (Wildman–Crippen LogP) is 2.91. The zero-order valence-electron chi connectivity index (χ0n) is 13.6. The van der Waals surface area contributed by atoms with Crippen LogP contribution in [0.4, 0.5) is 5.95 Å². The molecular weight excluding hydrogens is 352 g/mol. The molecule has 0 amide bonds. The summed E-state index contributed by atoms with van der Waals surface area (Å²) in [5.41, 5.74) is 7.93. The molecule has 0 bridgehead atoms. The van der Waals surface area contributed by atoms with Crippen molar-refractivity contribution in [3.8, 4) is 0 Å². The second-order valence-electron chi connectivity index (χ2n) is 5.10. The first-order valence-electron chi connectivity index (χ1n) is 7.86. The van der Waals surface area contributed by atoms with Crippen LogP contribution in [0.5, 0.6) is 0 Å². The zero-order chi connectivity index (χ0) is 17.3.